The van der Waals surface area contributed by atoms with Gasteiger partial charge in [0.15, 0.2) is 0 Å². The fourth-order valence-corrected chi connectivity index (χ4v) is 3.93. The van der Waals surface area contributed by atoms with Gasteiger partial charge in [-0.15, -0.1) is 0 Å². The highest BCUT2D eigenvalue weighted by atomic mass is 16.2. The van der Waals surface area contributed by atoms with Crippen LogP contribution in [0.4, 0.5) is 5.82 Å². The molecule has 0 unspecified atom stereocenters. The third-order valence-corrected chi connectivity index (χ3v) is 5.30. The van der Waals surface area contributed by atoms with Gasteiger partial charge in [-0.2, -0.15) is 0 Å². The highest BCUT2D eigenvalue weighted by Crippen LogP contribution is 2.33. The van der Waals surface area contributed by atoms with Crippen LogP contribution in [0.2, 0.25) is 0 Å². The number of benzene rings is 1. The zero-order valence-corrected chi connectivity index (χ0v) is 14.9. The van der Waals surface area contributed by atoms with Crippen LogP contribution in [0, 0.1) is 0 Å². The number of amides is 1. The molecule has 2 heterocycles. The first-order valence-corrected chi connectivity index (χ1v) is 9.05. The van der Waals surface area contributed by atoms with Crippen molar-refractivity contribution in [1.29, 1.82) is 0 Å². The molecule has 0 bridgehead atoms. The van der Waals surface area contributed by atoms with Gasteiger partial charge in [-0.1, -0.05) is 6.07 Å². The molecule has 1 aliphatic heterocycles. The predicted octanol–water partition coefficient (Wildman–Crippen LogP) is 3.01. The molecule has 1 atom stereocenters. The van der Waals surface area contributed by atoms with Crippen LogP contribution in [0.1, 0.15) is 52.5 Å². The minimum atomic E-state index is 0.0214. The number of fused-ring (bicyclic) bond motifs is 1. The summed E-state index contributed by atoms with van der Waals surface area (Å²) in [4.78, 5) is 26.1. The first-order valence-electron chi connectivity index (χ1n) is 9.05. The van der Waals surface area contributed by atoms with Gasteiger partial charge in [0.05, 0.1) is 24.1 Å². The summed E-state index contributed by atoms with van der Waals surface area (Å²) in [6.07, 6.45) is 8.94. The van der Waals surface area contributed by atoms with Crippen molar-refractivity contribution in [3.63, 3.8) is 0 Å². The van der Waals surface area contributed by atoms with E-state index in [0.717, 1.165) is 49.3 Å². The number of nitrogens with zero attached hydrogens (tertiary/aromatic N) is 4. The summed E-state index contributed by atoms with van der Waals surface area (Å²) in [5, 5.41) is 0. The summed E-state index contributed by atoms with van der Waals surface area (Å²) in [5.74, 6) is 0.948. The van der Waals surface area contributed by atoms with Crippen LogP contribution in [0.5, 0.6) is 0 Å². The minimum Gasteiger partial charge on any atom is -0.361 e. The molecule has 1 aromatic heterocycles. The average Bonchev–Trinajstić information content (AvgIpc) is 3.29. The van der Waals surface area contributed by atoms with Crippen molar-refractivity contribution in [2.45, 2.75) is 38.1 Å². The number of carbonyl (C=O) groups excluding carboxylic acids is 1. The third-order valence-electron chi connectivity index (χ3n) is 5.30. The summed E-state index contributed by atoms with van der Waals surface area (Å²) in [6.45, 7) is 0.786. The van der Waals surface area contributed by atoms with E-state index in [4.69, 9.17) is 4.98 Å². The number of rotatable bonds is 3. The van der Waals surface area contributed by atoms with E-state index in [1.165, 1.54) is 17.5 Å². The van der Waals surface area contributed by atoms with E-state index in [1.807, 2.05) is 30.0 Å². The number of aromatic nitrogens is 2. The van der Waals surface area contributed by atoms with Crippen molar-refractivity contribution < 1.29 is 4.79 Å². The molecule has 1 amide bonds. The number of likely N-dealkylation sites (tertiary alicyclic amines) is 1. The zero-order chi connectivity index (χ0) is 17.4. The van der Waals surface area contributed by atoms with E-state index in [9.17, 15) is 4.79 Å². The number of hydrogen-bond acceptors (Lipinski definition) is 4. The molecule has 0 radical (unpaired) electrons. The van der Waals surface area contributed by atoms with Crippen molar-refractivity contribution in [2.75, 3.05) is 25.5 Å². The maximum absolute atomic E-state index is 13.1. The van der Waals surface area contributed by atoms with Gasteiger partial charge in [0.1, 0.15) is 5.82 Å². The van der Waals surface area contributed by atoms with E-state index in [-0.39, 0.29) is 11.9 Å². The smallest absolute Gasteiger partial charge is 0.254 e. The second kappa shape index (κ2) is 6.47. The molecular formula is C20H24N4O. The number of hydrogen-bond donors (Lipinski definition) is 0. The molecule has 1 aliphatic carbocycles. The highest BCUT2D eigenvalue weighted by Gasteiger charge is 2.32. The van der Waals surface area contributed by atoms with Crippen molar-refractivity contribution >= 4 is 11.7 Å². The molecule has 5 heteroatoms. The highest BCUT2D eigenvalue weighted by molar-refractivity contribution is 5.95. The Bertz CT molecular complexity index is 802. The van der Waals surface area contributed by atoms with Crippen LogP contribution >= 0.6 is 0 Å². The van der Waals surface area contributed by atoms with Crippen LogP contribution in [0.3, 0.4) is 0 Å². The Hall–Kier alpha value is -2.43. The van der Waals surface area contributed by atoms with Crippen LogP contribution < -0.4 is 4.90 Å². The SMILES string of the molecule is CN(C)c1cncc([C@H]2CCCN2C(=O)c2ccc3c(c2)CCC3)n1. The van der Waals surface area contributed by atoms with E-state index in [1.54, 1.807) is 12.4 Å². The van der Waals surface area contributed by atoms with E-state index >= 15 is 0 Å². The van der Waals surface area contributed by atoms with Gasteiger partial charge in [-0.05, 0) is 55.4 Å². The molecule has 25 heavy (non-hydrogen) atoms. The Morgan fingerprint density at radius 2 is 2.00 bits per heavy atom. The summed E-state index contributed by atoms with van der Waals surface area (Å²) in [6, 6.07) is 6.24. The zero-order valence-electron chi connectivity index (χ0n) is 14.9. The van der Waals surface area contributed by atoms with Crippen molar-refractivity contribution in [3.8, 4) is 0 Å². The summed E-state index contributed by atoms with van der Waals surface area (Å²) >= 11 is 0. The Morgan fingerprint density at radius 1 is 1.16 bits per heavy atom. The van der Waals surface area contributed by atoms with Crippen LogP contribution in [-0.2, 0) is 12.8 Å². The lowest BCUT2D eigenvalue weighted by molar-refractivity contribution is 0.0732. The summed E-state index contributed by atoms with van der Waals surface area (Å²) in [7, 11) is 3.91. The standard InChI is InChI=1S/C20H24N4O/c1-23(2)19-13-21-12-17(22-19)18-7-4-10-24(18)20(25)16-9-8-14-5-3-6-15(14)11-16/h8-9,11-13,18H,3-7,10H2,1-2H3/t18-/m1/s1. The lowest BCUT2D eigenvalue weighted by atomic mass is 10.0. The molecule has 0 N–H and O–H groups in total. The molecule has 0 saturated carbocycles. The van der Waals surface area contributed by atoms with Gasteiger partial charge in [0.25, 0.3) is 5.91 Å². The van der Waals surface area contributed by atoms with Crippen LogP contribution in [-0.4, -0.2) is 41.4 Å². The normalized spacial score (nSPS) is 19.1. The number of carbonyl (C=O) groups is 1. The molecule has 2 aromatic rings. The topological polar surface area (TPSA) is 49.3 Å². The maximum Gasteiger partial charge on any atom is 0.254 e. The van der Waals surface area contributed by atoms with Crippen molar-refractivity contribution in [1.82, 2.24) is 14.9 Å². The molecule has 1 saturated heterocycles. The van der Waals surface area contributed by atoms with Crippen LogP contribution in [0.15, 0.2) is 30.6 Å². The van der Waals surface area contributed by atoms with Gasteiger partial charge in [-0.3, -0.25) is 9.78 Å². The predicted molar refractivity (Wildman–Crippen MR) is 97.8 cm³/mol. The van der Waals surface area contributed by atoms with Gasteiger partial charge < -0.3 is 9.80 Å². The number of anilines is 1. The summed E-state index contributed by atoms with van der Waals surface area (Å²) in [5.41, 5.74) is 4.44. The Morgan fingerprint density at radius 3 is 2.84 bits per heavy atom. The monoisotopic (exact) mass is 336 g/mol. The van der Waals surface area contributed by atoms with Gasteiger partial charge >= 0.3 is 0 Å². The first kappa shape index (κ1) is 16.1. The molecule has 5 nitrogen and oxygen atoms in total. The first-order chi connectivity index (χ1) is 12.1. The Labute approximate surface area is 148 Å². The molecular weight excluding hydrogens is 312 g/mol. The fraction of sp³-hybridized carbons (Fsp3) is 0.450. The second-order valence-electron chi connectivity index (χ2n) is 7.19. The lowest BCUT2D eigenvalue weighted by Gasteiger charge is -2.25. The van der Waals surface area contributed by atoms with E-state index in [0.29, 0.717) is 0 Å². The molecule has 1 aromatic carbocycles. The number of aryl methyl sites for hydroxylation is 2. The molecule has 1 fully saturated rings. The molecule has 130 valence electrons. The average molecular weight is 336 g/mol. The Balaban J connectivity index is 1.61. The lowest BCUT2D eigenvalue weighted by Crippen LogP contribution is -2.31. The maximum atomic E-state index is 13.1. The van der Waals surface area contributed by atoms with E-state index in [2.05, 4.69) is 17.1 Å². The molecule has 2 aliphatic rings. The largest absolute Gasteiger partial charge is 0.361 e. The molecule has 0 spiro atoms. The van der Waals surface area contributed by atoms with Crippen molar-refractivity contribution in [3.05, 3.63) is 53.0 Å². The van der Waals surface area contributed by atoms with E-state index < -0.39 is 0 Å². The fourth-order valence-electron chi connectivity index (χ4n) is 3.93. The summed E-state index contributed by atoms with van der Waals surface area (Å²) < 4.78 is 0. The second-order valence-corrected chi connectivity index (χ2v) is 7.19. The quantitative estimate of drug-likeness (QED) is 0.864. The Kier molecular flexibility index (Phi) is 4.15. The van der Waals surface area contributed by atoms with Gasteiger partial charge in [0.2, 0.25) is 0 Å². The third kappa shape index (κ3) is 2.99. The minimum absolute atomic E-state index is 0.0214. The van der Waals surface area contributed by atoms with Gasteiger partial charge in [0, 0.05) is 26.2 Å². The van der Waals surface area contributed by atoms with Crippen molar-refractivity contribution in [2.24, 2.45) is 0 Å². The van der Waals surface area contributed by atoms with Crippen LogP contribution in [0.25, 0.3) is 0 Å². The van der Waals surface area contributed by atoms with Gasteiger partial charge in [-0.25, -0.2) is 4.98 Å². The molecule has 4 rings (SSSR count).